The SMILES string of the molecule is C=CC[C@H]1Oc2ccccc2-c2ccc3c(c21)C(C)=CC(C)(C)N3. The average molecular weight is 317 g/mol. The molecule has 0 saturated heterocycles. The van der Waals surface area contributed by atoms with Gasteiger partial charge < -0.3 is 10.1 Å². The van der Waals surface area contributed by atoms with Gasteiger partial charge in [0.25, 0.3) is 0 Å². The van der Waals surface area contributed by atoms with Gasteiger partial charge in [-0.1, -0.05) is 36.4 Å². The molecule has 0 amide bonds. The Balaban J connectivity index is 2.00. The molecule has 2 heteroatoms. The largest absolute Gasteiger partial charge is 0.485 e. The molecule has 0 unspecified atom stereocenters. The molecule has 0 fully saturated rings. The lowest BCUT2D eigenvalue weighted by molar-refractivity contribution is 0.205. The third-order valence-corrected chi connectivity index (χ3v) is 4.82. The molecular formula is C22H23NO. The highest BCUT2D eigenvalue weighted by molar-refractivity contribution is 5.89. The van der Waals surface area contributed by atoms with E-state index in [2.05, 4.69) is 69.1 Å². The number of benzene rings is 2. The number of allylic oxidation sites excluding steroid dienone is 1. The van der Waals surface area contributed by atoms with Gasteiger partial charge in [-0.2, -0.15) is 0 Å². The van der Waals surface area contributed by atoms with Crippen molar-refractivity contribution in [3.8, 4) is 16.9 Å². The van der Waals surface area contributed by atoms with Crippen LogP contribution in [0.25, 0.3) is 16.7 Å². The van der Waals surface area contributed by atoms with Gasteiger partial charge in [0.1, 0.15) is 11.9 Å². The van der Waals surface area contributed by atoms with E-state index in [0.29, 0.717) is 0 Å². The van der Waals surface area contributed by atoms with Crippen molar-refractivity contribution in [2.45, 2.75) is 38.8 Å². The maximum Gasteiger partial charge on any atom is 0.128 e. The molecule has 0 spiro atoms. The standard InChI is InChI=1S/C22H23NO/c1-5-8-19-21-16(15-9-6-7-10-18(15)24-19)11-12-17-20(21)14(2)13-22(3,4)23-17/h5-7,9-13,19,23H,1,8H2,2-4H3/t19-/m1/s1. The van der Waals surface area contributed by atoms with Crippen LogP contribution in [0.5, 0.6) is 5.75 Å². The zero-order valence-electron chi connectivity index (χ0n) is 14.5. The third kappa shape index (κ3) is 2.25. The van der Waals surface area contributed by atoms with Crippen LogP contribution in [-0.4, -0.2) is 5.54 Å². The number of hydrogen-bond acceptors (Lipinski definition) is 2. The summed E-state index contributed by atoms with van der Waals surface area (Å²) in [6, 6.07) is 12.7. The second-order valence-corrected chi connectivity index (χ2v) is 7.25. The Hall–Kier alpha value is -2.48. The highest BCUT2D eigenvalue weighted by atomic mass is 16.5. The zero-order valence-corrected chi connectivity index (χ0v) is 14.5. The summed E-state index contributed by atoms with van der Waals surface area (Å²) < 4.78 is 6.34. The summed E-state index contributed by atoms with van der Waals surface area (Å²) >= 11 is 0. The lowest BCUT2D eigenvalue weighted by Crippen LogP contribution is -2.32. The first-order chi connectivity index (χ1) is 11.5. The fraction of sp³-hybridized carbons (Fsp3) is 0.273. The molecule has 2 aliphatic heterocycles. The maximum atomic E-state index is 6.34. The minimum absolute atomic E-state index is 0.00807. The van der Waals surface area contributed by atoms with Gasteiger partial charge in [-0.3, -0.25) is 0 Å². The van der Waals surface area contributed by atoms with E-state index in [1.165, 1.54) is 33.5 Å². The van der Waals surface area contributed by atoms with Crippen LogP contribution in [0.2, 0.25) is 0 Å². The smallest absolute Gasteiger partial charge is 0.128 e. The summed E-state index contributed by atoms with van der Waals surface area (Å²) in [4.78, 5) is 0. The van der Waals surface area contributed by atoms with Crippen molar-refractivity contribution >= 4 is 11.3 Å². The molecule has 0 bridgehead atoms. The Morgan fingerprint density at radius 2 is 1.96 bits per heavy atom. The van der Waals surface area contributed by atoms with Gasteiger partial charge in [0, 0.05) is 28.8 Å². The van der Waals surface area contributed by atoms with Crippen LogP contribution in [0.1, 0.15) is 44.4 Å². The summed E-state index contributed by atoms with van der Waals surface area (Å²) in [6.45, 7) is 10.5. The molecule has 1 atom stereocenters. The normalized spacial score (nSPS) is 19.8. The Bertz CT molecular complexity index is 860. The van der Waals surface area contributed by atoms with Crippen LogP contribution in [-0.2, 0) is 0 Å². The number of rotatable bonds is 2. The Morgan fingerprint density at radius 3 is 2.75 bits per heavy atom. The van der Waals surface area contributed by atoms with E-state index >= 15 is 0 Å². The van der Waals surface area contributed by atoms with E-state index in [1.807, 2.05) is 12.1 Å². The quantitative estimate of drug-likeness (QED) is 0.689. The number of ether oxygens (including phenoxy) is 1. The molecule has 0 aromatic heterocycles. The predicted molar refractivity (Wildman–Crippen MR) is 101 cm³/mol. The monoisotopic (exact) mass is 317 g/mol. The predicted octanol–water partition coefficient (Wildman–Crippen LogP) is 5.97. The van der Waals surface area contributed by atoms with Crippen LogP contribution < -0.4 is 10.1 Å². The first kappa shape index (κ1) is 15.1. The van der Waals surface area contributed by atoms with E-state index in [-0.39, 0.29) is 11.6 Å². The van der Waals surface area contributed by atoms with Crippen molar-refractivity contribution in [3.63, 3.8) is 0 Å². The van der Waals surface area contributed by atoms with Gasteiger partial charge in [0.05, 0.1) is 5.54 Å². The van der Waals surface area contributed by atoms with Crippen LogP contribution in [0.15, 0.2) is 55.1 Å². The van der Waals surface area contributed by atoms with Gasteiger partial charge >= 0.3 is 0 Å². The van der Waals surface area contributed by atoms with Gasteiger partial charge in [-0.15, -0.1) is 6.58 Å². The molecule has 4 rings (SSSR count). The molecule has 2 nitrogen and oxygen atoms in total. The molecular weight excluding hydrogens is 294 g/mol. The fourth-order valence-corrected chi connectivity index (χ4v) is 4.04. The summed E-state index contributed by atoms with van der Waals surface area (Å²) in [7, 11) is 0. The van der Waals surface area contributed by atoms with Gasteiger partial charge in [-0.05, 0) is 44.0 Å². The molecule has 2 aromatic carbocycles. The molecule has 0 saturated carbocycles. The van der Waals surface area contributed by atoms with Gasteiger partial charge in [-0.25, -0.2) is 0 Å². The molecule has 2 heterocycles. The topological polar surface area (TPSA) is 21.3 Å². The Kier molecular flexibility index (Phi) is 3.31. The Morgan fingerprint density at radius 1 is 1.17 bits per heavy atom. The van der Waals surface area contributed by atoms with E-state index < -0.39 is 0 Å². The molecule has 1 N–H and O–H groups in total. The van der Waals surface area contributed by atoms with E-state index in [9.17, 15) is 0 Å². The number of nitrogens with one attached hydrogen (secondary N) is 1. The first-order valence-corrected chi connectivity index (χ1v) is 8.52. The van der Waals surface area contributed by atoms with Gasteiger partial charge in [0.15, 0.2) is 0 Å². The number of para-hydroxylation sites is 1. The van der Waals surface area contributed by atoms with Crippen molar-refractivity contribution in [2.24, 2.45) is 0 Å². The summed E-state index contributed by atoms with van der Waals surface area (Å²) in [5, 5.41) is 3.65. The summed E-state index contributed by atoms with van der Waals surface area (Å²) in [5.74, 6) is 0.961. The Labute approximate surface area is 143 Å². The lowest BCUT2D eigenvalue weighted by Gasteiger charge is -2.37. The van der Waals surface area contributed by atoms with E-state index in [0.717, 1.165) is 12.2 Å². The minimum Gasteiger partial charge on any atom is -0.485 e. The molecule has 0 aliphatic carbocycles. The van der Waals surface area contributed by atoms with E-state index in [1.54, 1.807) is 0 Å². The summed E-state index contributed by atoms with van der Waals surface area (Å²) in [6.07, 6.45) is 5.06. The minimum atomic E-state index is -0.0350. The molecule has 2 aromatic rings. The van der Waals surface area contributed by atoms with Crippen LogP contribution in [0, 0.1) is 0 Å². The summed E-state index contributed by atoms with van der Waals surface area (Å²) in [5.41, 5.74) is 7.48. The average Bonchev–Trinajstić information content (AvgIpc) is 2.53. The van der Waals surface area contributed by atoms with Crippen molar-refractivity contribution < 1.29 is 4.74 Å². The lowest BCUT2D eigenvalue weighted by atomic mass is 9.81. The highest BCUT2D eigenvalue weighted by Crippen LogP contribution is 2.49. The molecule has 122 valence electrons. The number of fused-ring (bicyclic) bond motifs is 5. The number of anilines is 1. The maximum absolute atomic E-state index is 6.34. The molecule has 0 radical (unpaired) electrons. The van der Waals surface area contributed by atoms with Gasteiger partial charge in [0.2, 0.25) is 0 Å². The van der Waals surface area contributed by atoms with Crippen LogP contribution in [0.4, 0.5) is 5.69 Å². The highest BCUT2D eigenvalue weighted by Gasteiger charge is 2.32. The van der Waals surface area contributed by atoms with Crippen LogP contribution >= 0.6 is 0 Å². The second-order valence-electron chi connectivity index (χ2n) is 7.25. The fourth-order valence-electron chi connectivity index (χ4n) is 4.04. The second kappa shape index (κ2) is 5.27. The third-order valence-electron chi connectivity index (χ3n) is 4.82. The number of hydrogen-bond donors (Lipinski definition) is 1. The van der Waals surface area contributed by atoms with Crippen molar-refractivity contribution in [1.82, 2.24) is 0 Å². The van der Waals surface area contributed by atoms with Crippen molar-refractivity contribution in [2.75, 3.05) is 5.32 Å². The van der Waals surface area contributed by atoms with Crippen LogP contribution in [0.3, 0.4) is 0 Å². The van der Waals surface area contributed by atoms with Crippen molar-refractivity contribution in [1.29, 1.82) is 0 Å². The zero-order chi connectivity index (χ0) is 16.9. The molecule has 2 aliphatic rings. The van der Waals surface area contributed by atoms with E-state index in [4.69, 9.17) is 4.74 Å². The first-order valence-electron chi connectivity index (χ1n) is 8.52. The molecule has 24 heavy (non-hydrogen) atoms. The van der Waals surface area contributed by atoms with Crippen molar-refractivity contribution in [3.05, 3.63) is 66.3 Å².